The molecule has 1 fully saturated rings. The highest BCUT2D eigenvalue weighted by molar-refractivity contribution is 7.98. The fourth-order valence-electron chi connectivity index (χ4n) is 2.63. The number of nitrogens with zero attached hydrogens (tertiary/aromatic N) is 2. The van der Waals surface area contributed by atoms with Crippen LogP contribution in [0.4, 0.5) is 5.69 Å². The first-order valence-corrected chi connectivity index (χ1v) is 9.17. The van der Waals surface area contributed by atoms with Crippen LogP contribution < -0.4 is 5.32 Å². The van der Waals surface area contributed by atoms with Gasteiger partial charge in [-0.1, -0.05) is 26.0 Å². The summed E-state index contributed by atoms with van der Waals surface area (Å²) in [7, 11) is 0. The Morgan fingerprint density at radius 3 is 2.43 bits per heavy atom. The summed E-state index contributed by atoms with van der Waals surface area (Å²) in [4.78, 5) is 29.2. The number of thioether (sulfide) groups is 1. The highest BCUT2D eigenvalue weighted by Crippen LogP contribution is 2.24. The largest absolute Gasteiger partial charge is 0.340 e. The van der Waals surface area contributed by atoms with Gasteiger partial charge in [0, 0.05) is 37.0 Å². The van der Waals surface area contributed by atoms with E-state index in [9.17, 15) is 9.59 Å². The van der Waals surface area contributed by atoms with Gasteiger partial charge in [-0.2, -0.15) is 0 Å². The normalized spacial score (nSPS) is 15.7. The van der Waals surface area contributed by atoms with Gasteiger partial charge in [0.2, 0.25) is 11.8 Å². The molecule has 23 heavy (non-hydrogen) atoms. The zero-order valence-electron chi connectivity index (χ0n) is 14.0. The minimum Gasteiger partial charge on any atom is -0.340 e. The molecule has 2 amide bonds. The second kappa shape index (κ2) is 8.36. The fraction of sp³-hybridized carbons (Fsp3) is 0.529. The standard InChI is InChI=1S/C17H25N3O2S/c1-13(2)17(22)20-10-8-19(9-11-20)12-16(21)18-14-6-4-5-7-15(14)23-3/h4-7,13H,8-12H2,1-3H3,(H,18,21). The van der Waals surface area contributed by atoms with E-state index in [1.54, 1.807) is 11.8 Å². The molecule has 5 nitrogen and oxygen atoms in total. The van der Waals surface area contributed by atoms with Crippen molar-refractivity contribution in [2.45, 2.75) is 18.7 Å². The number of hydrogen-bond donors (Lipinski definition) is 1. The van der Waals surface area contributed by atoms with Crippen molar-refractivity contribution in [1.82, 2.24) is 9.80 Å². The van der Waals surface area contributed by atoms with Gasteiger partial charge in [0.15, 0.2) is 0 Å². The predicted molar refractivity (Wildman–Crippen MR) is 94.7 cm³/mol. The molecule has 1 heterocycles. The van der Waals surface area contributed by atoms with Gasteiger partial charge in [-0.3, -0.25) is 14.5 Å². The van der Waals surface area contributed by atoms with Crippen LogP contribution in [0.25, 0.3) is 0 Å². The maximum absolute atomic E-state index is 12.2. The van der Waals surface area contributed by atoms with Gasteiger partial charge in [0.05, 0.1) is 12.2 Å². The van der Waals surface area contributed by atoms with Crippen molar-refractivity contribution < 1.29 is 9.59 Å². The Morgan fingerprint density at radius 1 is 1.17 bits per heavy atom. The summed E-state index contributed by atoms with van der Waals surface area (Å²) < 4.78 is 0. The van der Waals surface area contributed by atoms with Gasteiger partial charge in [0.1, 0.15) is 0 Å². The molecule has 0 aromatic heterocycles. The van der Waals surface area contributed by atoms with E-state index in [-0.39, 0.29) is 17.7 Å². The fourth-order valence-corrected chi connectivity index (χ4v) is 3.19. The van der Waals surface area contributed by atoms with E-state index in [0.717, 1.165) is 23.7 Å². The van der Waals surface area contributed by atoms with E-state index in [2.05, 4.69) is 10.2 Å². The molecule has 0 radical (unpaired) electrons. The summed E-state index contributed by atoms with van der Waals surface area (Å²) in [5.41, 5.74) is 0.860. The van der Waals surface area contributed by atoms with Crippen molar-refractivity contribution in [2.75, 3.05) is 44.3 Å². The van der Waals surface area contributed by atoms with Crippen LogP contribution in [0.3, 0.4) is 0 Å². The van der Waals surface area contributed by atoms with Crippen molar-refractivity contribution in [3.8, 4) is 0 Å². The lowest BCUT2D eigenvalue weighted by Crippen LogP contribution is -2.51. The molecule has 1 saturated heterocycles. The third-order valence-electron chi connectivity index (χ3n) is 3.93. The van der Waals surface area contributed by atoms with Gasteiger partial charge >= 0.3 is 0 Å². The highest BCUT2D eigenvalue weighted by Gasteiger charge is 2.23. The molecule has 1 aliphatic rings. The van der Waals surface area contributed by atoms with Crippen LogP contribution in [0.1, 0.15) is 13.8 Å². The summed E-state index contributed by atoms with van der Waals surface area (Å²) in [5, 5.41) is 2.98. The molecule has 0 saturated carbocycles. The van der Waals surface area contributed by atoms with Crippen LogP contribution in [0, 0.1) is 5.92 Å². The Hall–Kier alpha value is -1.53. The lowest BCUT2D eigenvalue weighted by atomic mass is 10.1. The van der Waals surface area contributed by atoms with E-state index in [1.165, 1.54) is 0 Å². The lowest BCUT2D eigenvalue weighted by molar-refractivity contribution is -0.136. The molecule has 0 atom stereocenters. The number of carbonyl (C=O) groups excluding carboxylic acids is 2. The number of anilines is 1. The van der Waals surface area contributed by atoms with Crippen molar-refractivity contribution in [3.63, 3.8) is 0 Å². The van der Waals surface area contributed by atoms with Crippen LogP contribution in [0.2, 0.25) is 0 Å². The van der Waals surface area contributed by atoms with Crippen molar-refractivity contribution in [2.24, 2.45) is 5.92 Å². The third-order valence-corrected chi connectivity index (χ3v) is 4.72. The first kappa shape index (κ1) is 17.8. The Morgan fingerprint density at radius 2 is 1.83 bits per heavy atom. The number of para-hydroxylation sites is 1. The molecule has 6 heteroatoms. The van der Waals surface area contributed by atoms with Crippen molar-refractivity contribution in [1.29, 1.82) is 0 Å². The van der Waals surface area contributed by atoms with Crippen LogP contribution >= 0.6 is 11.8 Å². The minimum absolute atomic E-state index is 0.00450. The molecular weight excluding hydrogens is 310 g/mol. The quantitative estimate of drug-likeness (QED) is 0.838. The number of benzene rings is 1. The van der Waals surface area contributed by atoms with Gasteiger partial charge in [0.25, 0.3) is 0 Å². The summed E-state index contributed by atoms with van der Waals surface area (Å²) in [6.07, 6.45) is 2.00. The Bertz CT molecular complexity index is 555. The van der Waals surface area contributed by atoms with Crippen LogP contribution in [0.15, 0.2) is 29.2 Å². The molecule has 0 unspecified atom stereocenters. The molecule has 1 aromatic carbocycles. The Balaban J connectivity index is 1.82. The Kier molecular flexibility index (Phi) is 6.47. The monoisotopic (exact) mass is 335 g/mol. The van der Waals surface area contributed by atoms with Gasteiger partial charge in [-0.15, -0.1) is 11.8 Å². The molecule has 1 aromatic rings. The van der Waals surface area contributed by atoms with Gasteiger partial charge in [-0.25, -0.2) is 0 Å². The molecule has 0 bridgehead atoms. The summed E-state index contributed by atoms with van der Waals surface area (Å²) in [5.74, 6) is 0.228. The number of piperazine rings is 1. The summed E-state index contributed by atoms with van der Waals surface area (Å²) in [6, 6.07) is 7.80. The highest BCUT2D eigenvalue weighted by atomic mass is 32.2. The molecule has 0 spiro atoms. The SMILES string of the molecule is CSc1ccccc1NC(=O)CN1CCN(C(=O)C(C)C)CC1. The maximum atomic E-state index is 12.2. The second-order valence-corrected chi connectivity index (χ2v) is 6.85. The van der Waals surface area contributed by atoms with E-state index in [0.29, 0.717) is 19.6 Å². The summed E-state index contributed by atoms with van der Waals surface area (Å²) >= 11 is 1.62. The van der Waals surface area contributed by atoms with Crippen molar-refractivity contribution in [3.05, 3.63) is 24.3 Å². The van der Waals surface area contributed by atoms with Gasteiger partial charge < -0.3 is 10.2 Å². The number of rotatable bonds is 5. The third kappa shape index (κ3) is 4.97. The van der Waals surface area contributed by atoms with E-state index < -0.39 is 0 Å². The number of carbonyl (C=O) groups is 2. The first-order valence-electron chi connectivity index (χ1n) is 7.95. The molecule has 1 N–H and O–H groups in total. The van der Waals surface area contributed by atoms with Gasteiger partial charge in [-0.05, 0) is 18.4 Å². The number of nitrogens with one attached hydrogen (secondary N) is 1. The van der Waals surface area contributed by atoms with Crippen molar-refractivity contribution >= 4 is 29.3 Å². The zero-order chi connectivity index (χ0) is 16.8. The average molecular weight is 335 g/mol. The lowest BCUT2D eigenvalue weighted by Gasteiger charge is -2.35. The number of hydrogen-bond acceptors (Lipinski definition) is 4. The molecule has 1 aliphatic heterocycles. The topological polar surface area (TPSA) is 52.7 Å². The number of amides is 2. The second-order valence-electron chi connectivity index (χ2n) is 6.00. The van der Waals surface area contributed by atoms with E-state index in [1.807, 2.05) is 49.3 Å². The molecule has 126 valence electrons. The summed E-state index contributed by atoms with van der Waals surface area (Å²) in [6.45, 7) is 7.10. The molecule has 2 rings (SSSR count). The van der Waals surface area contributed by atoms with Crippen LogP contribution in [0.5, 0.6) is 0 Å². The molecule has 0 aliphatic carbocycles. The minimum atomic E-state index is -0.00450. The Labute approximate surface area is 142 Å². The predicted octanol–water partition coefficient (Wildman–Crippen LogP) is 2.15. The zero-order valence-corrected chi connectivity index (χ0v) is 14.9. The maximum Gasteiger partial charge on any atom is 0.238 e. The van der Waals surface area contributed by atoms with Crippen LogP contribution in [-0.4, -0.2) is 60.6 Å². The molecular formula is C17H25N3O2S. The smallest absolute Gasteiger partial charge is 0.238 e. The average Bonchev–Trinajstić information content (AvgIpc) is 2.55. The van der Waals surface area contributed by atoms with Crippen LogP contribution in [-0.2, 0) is 9.59 Å². The van der Waals surface area contributed by atoms with E-state index in [4.69, 9.17) is 0 Å². The first-order chi connectivity index (χ1) is 11.0. The van der Waals surface area contributed by atoms with E-state index >= 15 is 0 Å².